The van der Waals surface area contributed by atoms with E-state index in [2.05, 4.69) is 10.6 Å². The summed E-state index contributed by atoms with van der Waals surface area (Å²) < 4.78 is 5.65. The second-order valence-corrected chi connectivity index (χ2v) is 6.07. The number of phenolic OH excluding ortho intramolecular Hbond substituents is 1. The molecule has 0 amide bonds. The quantitative estimate of drug-likeness (QED) is 0.544. The van der Waals surface area contributed by atoms with Crippen LogP contribution in [0.25, 0.3) is 0 Å². The molecular formula is C21H22N2O2. The van der Waals surface area contributed by atoms with Gasteiger partial charge in [0.1, 0.15) is 11.5 Å². The number of phenols is 1. The second kappa shape index (κ2) is 7.62. The van der Waals surface area contributed by atoms with Crippen molar-refractivity contribution in [3.8, 4) is 11.5 Å². The highest BCUT2D eigenvalue weighted by Crippen LogP contribution is 2.24. The Morgan fingerprint density at radius 1 is 0.720 bits per heavy atom. The van der Waals surface area contributed by atoms with Crippen molar-refractivity contribution in [3.63, 3.8) is 0 Å². The van der Waals surface area contributed by atoms with Crippen molar-refractivity contribution in [2.45, 2.75) is 20.0 Å². The van der Waals surface area contributed by atoms with Gasteiger partial charge in [-0.05, 0) is 74.5 Å². The molecule has 3 aromatic carbocycles. The molecule has 25 heavy (non-hydrogen) atoms. The maximum absolute atomic E-state index is 9.51. The molecule has 0 aliphatic heterocycles. The van der Waals surface area contributed by atoms with Gasteiger partial charge < -0.3 is 20.5 Å². The summed E-state index contributed by atoms with van der Waals surface area (Å²) in [6, 6.07) is 22.9. The van der Waals surface area contributed by atoms with Crippen molar-refractivity contribution in [1.29, 1.82) is 0 Å². The SMILES string of the molecule is CC(C)Oc1ccc(Nc2ccc(Nc3cccc(O)c3)cc2)cc1. The van der Waals surface area contributed by atoms with Gasteiger partial charge in [-0.3, -0.25) is 0 Å². The third-order valence-corrected chi connectivity index (χ3v) is 3.53. The number of anilines is 4. The van der Waals surface area contributed by atoms with E-state index in [0.717, 1.165) is 28.5 Å². The topological polar surface area (TPSA) is 53.5 Å². The van der Waals surface area contributed by atoms with E-state index in [1.54, 1.807) is 18.2 Å². The number of ether oxygens (including phenoxy) is 1. The van der Waals surface area contributed by atoms with Gasteiger partial charge in [-0.1, -0.05) is 6.07 Å². The van der Waals surface area contributed by atoms with Crippen LogP contribution in [0.3, 0.4) is 0 Å². The number of nitrogens with one attached hydrogen (secondary N) is 2. The lowest BCUT2D eigenvalue weighted by atomic mass is 10.2. The summed E-state index contributed by atoms with van der Waals surface area (Å²) in [5.74, 6) is 1.11. The largest absolute Gasteiger partial charge is 0.508 e. The zero-order valence-corrected chi connectivity index (χ0v) is 14.4. The van der Waals surface area contributed by atoms with E-state index in [4.69, 9.17) is 4.74 Å². The van der Waals surface area contributed by atoms with Crippen LogP contribution >= 0.6 is 0 Å². The molecule has 0 saturated carbocycles. The first kappa shape index (κ1) is 16.7. The lowest BCUT2D eigenvalue weighted by Gasteiger charge is -2.12. The Labute approximate surface area is 148 Å². The molecule has 128 valence electrons. The molecule has 0 aliphatic carbocycles. The molecule has 0 radical (unpaired) electrons. The van der Waals surface area contributed by atoms with Crippen LogP contribution < -0.4 is 15.4 Å². The Morgan fingerprint density at radius 2 is 1.24 bits per heavy atom. The minimum atomic E-state index is 0.172. The molecule has 0 unspecified atom stereocenters. The van der Waals surface area contributed by atoms with E-state index in [-0.39, 0.29) is 11.9 Å². The molecule has 0 heterocycles. The normalized spacial score (nSPS) is 10.5. The van der Waals surface area contributed by atoms with Gasteiger partial charge in [-0.2, -0.15) is 0 Å². The average Bonchev–Trinajstić information content (AvgIpc) is 2.58. The molecule has 3 N–H and O–H groups in total. The monoisotopic (exact) mass is 334 g/mol. The van der Waals surface area contributed by atoms with Crippen LogP contribution in [-0.4, -0.2) is 11.2 Å². The number of rotatable bonds is 6. The number of hydrogen-bond donors (Lipinski definition) is 3. The Morgan fingerprint density at radius 3 is 1.76 bits per heavy atom. The fourth-order valence-electron chi connectivity index (χ4n) is 2.44. The van der Waals surface area contributed by atoms with Crippen LogP contribution in [0.4, 0.5) is 22.7 Å². The molecule has 0 spiro atoms. The first-order chi connectivity index (χ1) is 12.1. The van der Waals surface area contributed by atoms with E-state index >= 15 is 0 Å². The van der Waals surface area contributed by atoms with Gasteiger partial charge in [-0.15, -0.1) is 0 Å². The van der Waals surface area contributed by atoms with Gasteiger partial charge in [0.05, 0.1) is 6.10 Å². The van der Waals surface area contributed by atoms with E-state index in [1.165, 1.54) is 0 Å². The van der Waals surface area contributed by atoms with Crippen LogP contribution in [0.5, 0.6) is 11.5 Å². The van der Waals surface area contributed by atoms with Crippen LogP contribution in [0.2, 0.25) is 0 Å². The van der Waals surface area contributed by atoms with Gasteiger partial charge in [0.2, 0.25) is 0 Å². The summed E-state index contributed by atoms with van der Waals surface area (Å²) in [4.78, 5) is 0. The maximum Gasteiger partial charge on any atom is 0.119 e. The predicted octanol–water partition coefficient (Wildman–Crippen LogP) is 5.67. The minimum Gasteiger partial charge on any atom is -0.508 e. The van der Waals surface area contributed by atoms with E-state index in [9.17, 15) is 5.11 Å². The Kier molecular flexibility index (Phi) is 5.09. The van der Waals surface area contributed by atoms with Crippen molar-refractivity contribution >= 4 is 22.7 Å². The van der Waals surface area contributed by atoms with Crippen LogP contribution in [-0.2, 0) is 0 Å². The van der Waals surface area contributed by atoms with Crippen molar-refractivity contribution in [2.75, 3.05) is 10.6 Å². The summed E-state index contributed by atoms with van der Waals surface area (Å²) >= 11 is 0. The maximum atomic E-state index is 9.51. The van der Waals surface area contributed by atoms with Crippen molar-refractivity contribution in [1.82, 2.24) is 0 Å². The molecule has 4 heteroatoms. The first-order valence-corrected chi connectivity index (χ1v) is 8.28. The lowest BCUT2D eigenvalue weighted by Crippen LogP contribution is -2.05. The number of benzene rings is 3. The van der Waals surface area contributed by atoms with Crippen LogP contribution in [0, 0.1) is 0 Å². The van der Waals surface area contributed by atoms with Crippen molar-refractivity contribution < 1.29 is 9.84 Å². The highest BCUT2D eigenvalue weighted by molar-refractivity contribution is 5.66. The second-order valence-electron chi connectivity index (χ2n) is 6.07. The molecule has 3 rings (SSSR count). The van der Waals surface area contributed by atoms with Crippen LogP contribution in [0.15, 0.2) is 72.8 Å². The molecule has 0 saturated heterocycles. The fourth-order valence-corrected chi connectivity index (χ4v) is 2.44. The van der Waals surface area contributed by atoms with E-state index in [0.29, 0.717) is 0 Å². The zero-order chi connectivity index (χ0) is 17.6. The summed E-state index contributed by atoms with van der Waals surface area (Å²) in [6.07, 6.45) is 0.172. The van der Waals surface area contributed by atoms with Crippen molar-refractivity contribution in [3.05, 3.63) is 72.8 Å². The lowest BCUT2D eigenvalue weighted by molar-refractivity contribution is 0.242. The molecule has 3 aromatic rings. The zero-order valence-electron chi connectivity index (χ0n) is 14.4. The van der Waals surface area contributed by atoms with Gasteiger partial charge in [0, 0.05) is 28.8 Å². The highest BCUT2D eigenvalue weighted by atomic mass is 16.5. The Balaban J connectivity index is 1.62. The average molecular weight is 334 g/mol. The molecular weight excluding hydrogens is 312 g/mol. The summed E-state index contributed by atoms with van der Waals surface area (Å²) in [6.45, 7) is 4.02. The summed E-state index contributed by atoms with van der Waals surface area (Å²) in [5, 5.41) is 16.1. The minimum absolute atomic E-state index is 0.172. The van der Waals surface area contributed by atoms with Crippen LogP contribution in [0.1, 0.15) is 13.8 Å². The van der Waals surface area contributed by atoms with Crippen molar-refractivity contribution in [2.24, 2.45) is 0 Å². The fraction of sp³-hybridized carbons (Fsp3) is 0.143. The first-order valence-electron chi connectivity index (χ1n) is 8.28. The Bertz CT molecular complexity index is 812. The number of aromatic hydroxyl groups is 1. The van der Waals surface area contributed by atoms with Gasteiger partial charge >= 0.3 is 0 Å². The molecule has 0 aliphatic rings. The Hall–Kier alpha value is -3.14. The molecule has 0 aromatic heterocycles. The standard InChI is InChI=1S/C21H22N2O2/c1-15(2)25-21-12-10-18(11-13-21)22-16-6-8-17(9-7-16)23-19-4-3-5-20(24)14-19/h3-15,22-24H,1-2H3. The summed E-state index contributed by atoms with van der Waals surface area (Å²) in [5.41, 5.74) is 3.81. The van der Waals surface area contributed by atoms with E-state index in [1.807, 2.05) is 68.4 Å². The van der Waals surface area contributed by atoms with Gasteiger partial charge in [0.25, 0.3) is 0 Å². The van der Waals surface area contributed by atoms with Gasteiger partial charge in [-0.25, -0.2) is 0 Å². The molecule has 4 nitrogen and oxygen atoms in total. The molecule has 0 bridgehead atoms. The third-order valence-electron chi connectivity index (χ3n) is 3.53. The molecule has 0 atom stereocenters. The predicted molar refractivity (Wildman–Crippen MR) is 103 cm³/mol. The number of hydrogen-bond acceptors (Lipinski definition) is 4. The smallest absolute Gasteiger partial charge is 0.119 e. The van der Waals surface area contributed by atoms with Gasteiger partial charge in [0.15, 0.2) is 0 Å². The third kappa shape index (κ3) is 4.91. The highest BCUT2D eigenvalue weighted by Gasteiger charge is 2.00. The molecule has 0 fully saturated rings. The summed E-state index contributed by atoms with van der Waals surface area (Å²) in [7, 11) is 0. The van der Waals surface area contributed by atoms with E-state index < -0.39 is 0 Å².